The number of rotatable bonds is 2. The van der Waals surface area contributed by atoms with Crippen LogP contribution in [0.2, 0.25) is 0 Å². The van der Waals surface area contributed by atoms with Gasteiger partial charge in [0.2, 0.25) is 10.0 Å². The second-order valence-electron chi connectivity index (χ2n) is 5.56. The van der Waals surface area contributed by atoms with Gasteiger partial charge in [-0.1, -0.05) is 18.2 Å². The van der Waals surface area contributed by atoms with Crippen molar-refractivity contribution >= 4 is 37.6 Å². The second-order valence-corrected chi connectivity index (χ2v) is 7.12. The van der Waals surface area contributed by atoms with E-state index < -0.39 is 10.0 Å². The molecule has 4 aromatic rings. The van der Waals surface area contributed by atoms with Gasteiger partial charge in [-0.05, 0) is 30.3 Å². The minimum absolute atomic E-state index is 0.0187. The summed E-state index contributed by atoms with van der Waals surface area (Å²) in [5, 5.41) is 10.6. The molecule has 0 radical (unpaired) electrons. The molecule has 0 spiro atoms. The number of pyridine rings is 1. The summed E-state index contributed by atoms with van der Waals surface area (Å²) in [4.78, 5) is 15.1. The van der Waals surface area contributed by atoms with E-state index in [0.29, 0.717) is 16.7 Å². The molecule has 4 rings (SSSR count). The lowest BCUT2D eigenvalue weighted by Crippen LogP contribution is -2.12. The third-order valence-corrected chi connectivity index (χ3v) is 4.92. The summed E-state index contributed by atoms with van der Waals surface area (Å²) in [6.07, 6.45) is 0. The number of anilines is 1. The van der Waals surface area contributed by atoms with Crippen molar-refractivity contribution < 1.29 is 8.42 Å². The summed E-state index contributed by atoms with van der Waals surface area (Å²) < 4.78 is 24.1. The number of benzene rings is 2. The Morgan fingerprint density at radius 3 is 2.40 bits per heavy atom. The number of sulfonamides is 1. The zero-order chi connectivity index (χ0) is 17.8. The minimum atomic E-state index is -3.79. The van der Waals surface area contributed by atoms with Crippen molar-refractivity contribution in [1.29, 1.82) is 0 Å². The standard InChI is InChI=1S/C16H13N5O3S/c17-15-13-14(11-3-1-2-4-12(11)19-16(13)22)20-21(15)9-5-7-10(8-6-9)25(18,23)24/h1-8H,17H2,(H,19,22)(H2,18,23,24). The van der Waals surface area contributed by atoms with E-state index in [1.54, 1.807) is 6.07 Å². The predicted molar refractivity (Wildman–Crippen MR) is 95.0 cm³/mol. The van der Waals surface area contributed by atoms with Gasteiger partial charge in [-0.2, -0.15) is 5.10 Å². The van der Waals surface area contributed by atoms with Gasteiger partial charge in [0.25, 0.3) is 5.56 Å². The minimum Gasteiger partial charge on any atom is -0.383 e. The van der Waals surface area contributed by atoms with Gasteiger partial charge in [-0.15, -0.1) is 0 Å². The number of hydrogen-bond acceptors (Lipinski definition) is 5. The van der Waals surface area contributed by atoms with E-state index in [4.69, 9.17) is 10.9 Å². The Labute approximate surface area is 141 Å². The number of fused-ring (bicyclic) bond motifs is 3. The summed E-state index contributed by atoms with van der Waals surface area (Å²) in [6, 6.07) is 13.1. The van der Waals surface area contributed by atoms with Crippen molar-refractivity contribution in [3.63, 3.8) is 0 Å². The summed E-state index contributed by atoms with van der Waals surface area (Å²) in [7, 11) is -3.79. The first-order chi connectivity index (χ1) is 11.9. The lowest BCUT2D eigenvalue weighted by atomic mass is 10.1. The van der Waals surface area contributed by atoms with Gasteiger partial charge in [-0.25, -0.2) is 18.2 Å². The van der Waals surface area contributed by atoms with Crippen LogP contribution in [0.3, 0.4) is 0 Å². The maximum atomic E-state index is 12.4. The SMILES string of the molecule is Nc1c2c(=O)[nH]c3ccccc3c2nn1-c1ccc(S(N)(=O)=O)cc1. The molecule has 0 bridgehead atoms. The first-order valence-electron chi connectivity index (χ1n) is 7.29. The van der Waals surface area contributed by atoms with E-state index in [9.17, 15) is 13.2 Å². The number of aromatic amines is 1. The second kappa shape index (κ2) is 5.16. The van der Waals surface area contributed by atoms with E-state index in [1.807, 2.05) is 18.2 Å². The molecule has 25 heavy (non-hydrogen) atoms. The van der Waals surface area contributed by atoms with Crippen LogP contribution in [-0.4, -0.2) is 23.2 Å². The Hall–Kier alpha value is -3.17. The van der Waals surface area contributed by atoms with Crippen molar-refractivity contribution in [3.8, 4) is 5.69 Å². The monoisotopic (exact) mass is 355 g/mol. The van der Waals surface area contributed by atoms with Gasteiger partial charge in [0.05, 0.1) is 16.1 Å². The number of hydrogen-bond donors (Lipinski definition) is 3. The topological polar surface area (TPSA) is 137 Å². The summed E-state index contributed by atoms with van der Waals surface area (Å²) >= 11 is 0. The quantitative estimate of drug-likeness (QED) is 0.494. The number of nitrogens with zero attached hydrogens (tertiary/aromatic N) is 2. The lowest BCUT2D eigenvalue weighted by Gasteiger charge is -2.04. The van der Waals surface area contributed by atoms with Crippen LogP contribution in [0.1, 0.15) is 0 Å². The number of para-hydroxylation sites is 1. The largest absolute Gasteiger partial charge is 0.383 e. The van der Waals surface area contributed by atoms with Crippen LogP contribution in [0, 0.1) is 0 Å². The van der Waals surface area contributed by atoms with Crippen molar-refractivity contribution in [2.75, 3.05) is 5.73 Å². The number of primary sulfonamides is 1. The summed E-state index contributed by atoms with van der Waals surface area (Å²) in [6.45, 7) is 0. The molecule has 0 atom stereocenters. The van der Waals surface area contributed by atoms with Crippen LogP contribution in [0.15, 0.2) is 58.2 Å². The molecule has 5 N–H and O–H groups in total. The highest BCUT2D eigenvalue weighted by atomic mass is 32.2. The molecule has 0 saturated heterocycles. The maximum Gasteiger partial charge on any atom is 0.261 e. The molecule has 0 fully saturated rings. The average Bonchev–Trinajstić information content (AvgIpc) is 2.93. The number of nitrogens with two attached hydrogens (primary N) is 2. The highest BCUT2D eigenvalue weighted by Crippen LogP contribution is 2.26. The Balaban J connectivity index is 2.00. The van der Waals surface area contributed by atoms with Crippen LogP contribution < -0.4 is 16.4 Å². The van der Waals surface area contributed by atoms with Gasteiger partial charge >= 0.3 is 0 Å². The highest BCUT2D eigenvalue weighted by molar-refractivity contribution is 7.89. The van der Waals surface area contributed by atoms with Gasteiger partial charge in [0.15, 0.2) is 0 Å². The molecule has 2 aromatic heterocycles. The van der Waals surface area contributed by atoms with E-state index in [2.05, 4.69) is 10.1 Å². The first kappa shape index (κ1) is 15.4. The predicted octanol–water partition coefficient (Wildman–Crippen LogP) is 1.10. The third kappa shape index (κ3) is 2.37. The molecule has 9 heteroatoms. The zero-order valence-corrected chi connectivity index (χ0v) is 13.6. The van der Waals surface area contributed by atoms with E-state index >= 15 is 0 Å². The molecule has 0 unspecified atom stereocenters. The van der Waals surface area contributed by atoms with Crippen LogP contribution in [-0.2, 0) is 10.0 Å². The van der Waals surface area contributed by atoms with Gasteiger partial charge in [0.1, 0.15) is 16.7 Å². The average molecular weight is 355 g/mol. The fraction of sp³-hybridized carbons (Fsp3) is 0. The third-order valence-electron chi connectivity index (χ3n) is 3.99. The molecule has 0 amide bonds. The van der Waals surface area contributed by atoms with Crippen molar-refractivity contribution in [2.45, 2.75) is 4.90 Å². The van der Waals surface area contributed by atoms with Crippen LogP contribution >= 0.6 is 0 Å². The summed E-state index contributed by atoms with van der Waals surface area (Å²) in [5.74, 6) is 0.172. The Morgan fingerprint density at radius 1 is 1.04 bits per heavy atom. The van der Waals surface area contributed by atoms with Crippen molar-refractivity contribution in [1.82, 2.24) is 14.8 Å². The number of nitrogen functional groups attached to an aromatic ring is 1. The lowest BCUT2D eigenvalue weighted by molar-refractivity contribution is 0.598. The van der Waals surface area contributed by atoms with Crippen molar-refractivity contribution in [2.24, 2.45) is 5.14 Å². The van der Waals surface area contributed by atoms with Gasteiger partial charge in [-0.3, -0.25) is 4.79 Å². The molecule has 0 aliphatic heterocycles. The van der Waals surface area contributed by atoms with Crippen LogP contribution in [0.25, 0.3) is 27.5 Å². The van der Waals surface area contributed by atoms with E-state index in [-0.39, 0.29) is 21.7 Å². The molecule has 0 aliphatic carbocycles. The fourth-order valence-corrected chi connectivity index (χ4v) is 3.32. The zero-order valence-electron chi connectivity index (χ0n) is 12.8. The molecule has 0 saturated carbocycles. The van der Waals surface area contributed by atoms with Crippen molar-refractivity contribution in [3.05, 3.63) is 58.9 Å². The van der Waals surface area contributed by atoms with Crippen LogP contribution in [0.5, 0.6) is 0 Å². The first-order valence-corrected chi connectivity index (χ1v) is 8.83. The highest BCUT2D eigenvalue weighted by Gasteiger charge is 2.16. The van der Waals surface area contributed by atoms with Gasteiger partial charge in [0, 0.05) is 5.39 Å². The number of H-pyrrole nitrogens is 1. The Kier molecular flexibility index (Phi) is 3.17. The Morgan fingerprint density at radius 2 is 1.72 bits per heavy atom. The summed E-state index contributed by atoms with van der Waals surface area (Å²) in [5.41, 5.74) is 7.45. The van der Waals surface area contributed by atoms with Crippen LogP contribution in [0.4, 0.5) is 5.82 Å². The molecule has 126 valence electrons. The Bertz CT molecular complexity index is 1290. The molecule has 2 heterocycles. The molecule has 0 aliphatic rings. The van der Waals surface area contributed by atoms with Gasteiger partial charge < -0.3 is 10.7 Å². The molecular formula is C16H13N5O3S. The molecule has 2 aromatic carbocycles. The molecule has 8 nitrogen and oxygen atoms in total. The number of aromatic nitrogens is 3. The van der Waals surface area contributed by atoms with E-state index in [1.165, 1.54) is 28.9 Å². The molecular weight excluding hydrogens is 342 g/mol. The number of nitrogens with one attached hydrogen (secondary N) is 1. The fourth-order valence-electron chi connectivity index (χ4n) is 2.80. The van der Waals surface area contributed by atoms with E-state index in [0.717, 1.165) is 5.39 Å². The maximum absolute atomic E-state index is 12.4. The normalized spacial score (nSPS) is 12.0. The smallest absolute Gasteiger partial charge is 0.261 e.